The van der Waals surface area contributed by atoms with Gasteiger partial charge in [0.2, 0.25) is 5.91 Å². The fraction of sp³-hybridized carbons (Fsp3) is 0.176. The monoisotopic (exact) mass is 297 g/mol. The van der Waals surface area contributed by atoms with Crippen LogP contribution in [0.4, 0.5) is 5.69 Å². The van der Waals surface area contributed by atoms with Crippen molar-refractivity contribution in [3.8, 4) is 5.75 Å². The van der Waals surface area contributed by atoms with E-state index < -0.39 is 5.97 Å². The maximum absolute atomic E-state index is 12.2. The maximum Gasteiger partial charge on any atom is 0.339 e. The number of aromatic carboxylic acids is 1. The molecular weight excluding hydrogens is 282 g/mol. The number of carbonyl (C=O) groups is 2. The standard InChI is InChI=1S/C17H15NO4/c19-15-7-6-11(8-14(15)17(21)22)18-16(20)13-9-12(13)10-4-2-1-3-5-10/h1-8,12-13,19H,9H2,(H,18,20)(H,21,22)/t12-,13-/m0/s1. The minimum atomic E-state index is -1.23. The second-order valence-corrected chi connectivity index (χ2v) is 5.39. The van der Waals surface area contributed by atoms with Crippen LogP contribution in [-0.2, 0) is 4.79 Å². The van der Waals surface area contributed by atoms with Crippen molar-refractivity contribution in [2.24, 2.45) is 5.92 Å². The molecule has 2 atom stereocenters. The highest BCUT2D eigenvalue weighted by atomic mass is 16.4. The van der Waals surface area contributed by atoms with Crippen LogP contribution in [-0.4, -0.2) is 22.1 Å². The van der Waals surface area contributed by atoms with Crippen LogP contribution in [0.2, 0.25) is 0 Å². The van der Waals surface area contributed by atoms with Crippen molar-refractivity contribution in [3.05, 3.63) is 59.7 Å². The number of carbonyl (C=O) groups excluding carboxylic acids is 1. The Kier molecular flexibility index (Phi) is 3.55. The van der Waals surface area contributed by atoms with Gasteiger partial charge in [0.25, 0.3) is 0 Å². The molecule has 0 bridgehead atoms. The van der Waals surface area contributed by atoms with E-state index in [2.05, 4.69) is 5.32 Å². The summed E-state index contributed by atoms with van der Waals surface area (Å²) in [5.74, 6) is -1.56. The molecule has 1 aliphatic rings. The molecule has 1 saturated carbocycles. The van der Waals surface area contributed by atoms with Crippen LogP contribution in [0.15, 0.2) is 48.5 Å². The molecule has 0 heterocycles. The molecule has 0 aliphatic heterocycles. The second kappa shape index (κ2) is 5.52. The third-order valence-corrected chi connectivity index (χ3v) is 3.85. The summed E-state index contributed by atoms with van der Waals surface area (Å²) < 4.78 is 0. The summed E-state index contributed by atoms with van der Waals surface area (Å²) in [5.41, 5.74) is 1.28. The van der Waals surface area contributed by atoms with E-state index in [4.69, 9.17) is 5.11 Å². The Balaban J connectivity index is 1.69. The molecule has 0 spiro atoms. The predicted octanol–water partition coefficient (Wildman–Crippen LogP) is 2.83. The van der Waals surface area contributed by atoms with E-state index in [1.165, 1.54) is 18.2 Å². The van der Waals surface area contributed by atoms with Gasteiger partial charge in [-0.2, -0.15) is 0 Å². The highest BCUT2D eigenvalue weighted by Crippen LogP contribution is 2.47. The van der Waals surface area contributed by atoms with Gasteiger partial charge < -0.3 is 15.5 Å². The molecule has 5 nitrogen and oxygen atoms in total. The normalized spacial score (nSPS) is 19.5. The molecule has 0 unspecified atom stereocenters. The molecule has 2 aromatic carbocycles. The Labute approximate surface area is 127 Å². The first-order valence-electron chi connectivity index (χ1n) is 6.98. The number of aromatic hydroxyl groups is 1. The minimum absolute atomic E-state index is 0.0931. The van der Waals surface area contributed by atoms with Crippen molar-refractivity contribution in [1.29, 1.82) is 0 Å². The lowest BCUT2D eigenvalue weighted by Gasteiger charge is -2.07. The Morgan fingerprint density at radius 3 is 2.50 bits per heavy atom. The number of carboxylic acids is 1. The zero-order chi connectivity index (χ0) is 15.7. The molecular formula is C17H15NO4. The third-order valence-electron chi connectivity index (χ3n) is 3.85. The molecule has 3 N–H and O–H groups in total. The quantitative estimate of drug-likeness (QED) is 0.757. The van der Waals surface area contributed by atoms with E-state index in [0.29, 0.717) is 5.69 Å². The number of rotatable bonds is 4. The third kappa shape index (κ3) is 2.79. The fourth-order valence-corrected chi connectivity index (χ4v) is 2.57. The molecule has 0 saturated heterocycles. The van der Waals surface area contributed by atoms with Gasteiger partial charge in [0.05, 0.1) is 0 Å². The number of benzene rings is 2. The Morgan fingerprint density at radius 2 is 1.82 bits per heavy atom. The highest BCUT2D eigenvalue weighted by molar-refractivity contribution is 5.97. The average molecular weight is 297 g/mol. The average Bonchev–Trinajstić information content (AvgIpc) is 3.30. The maximum atomic E-state index is 12.2. The Morgan fingerprint density at radius 1 is 1.09 bits per heavy atom. The van der Waals surface area contributed by atoms with E-state index >= 15 is 0 Å². The predicted molar refractivity (Wildman–Crippen MR) is 81.0 cm³/mol. The number of hydrogen-bond donors (Lipinski definition) is 3. The zero-order valence-electron chi connectivity index (χ0n) is 11.7. The van der Waals surface area contributed by atoms with Gasteiger partial charge in [-0.3, -0.25) is 4.79 Å². The van der Waals surface area contributed by atoms with Crippen molar-refractivity contribution < 1.29 is 19.8 Å². The summed E-state index contributed by atoms with van der Waals surface area (Å²) in [6.07, 6.45) is 0.791. The largest absolute Gasteiger partial charge is 0.507 e. The number of anilines is 1. The lowest BCUT2D eigenvalue weighted by atomic mass is 10.1. The molecule has 1 aliphatic carbocycles. The van der Waals surface area contributed by atoms with Crippen molar-refractivity contribution >= 4 is 17.6 Å². The molecule has 0 radical (unpaired) electrons. The van der Waals surface area contributed by atoms with Crippen molar-refractivity contribution in [3.63, 3.8) is 0 Å². The lowest BCUT2D eigenvalue weighted by Crippen LogP contribution is -2.15. The van der Waals surface area contributed by atoms with Gasteiger partial charge in [-0.15, -0.1) is 0 Å². The topological polar surface area (TPSA) is 86.6 Å². The van der Waals surface area contributed by atoms with Crippen LogP contribution in [0.25, 0.3) is 0 Å². The van der Waals surface area contributed by atoms with Crippen LogP contribution < -0.4 is 5.32 Å². The first-order valence-corrected chi connectivity index (χ1v) is 6.98. The van der Waals surface area contributed by atoms with Gasteiger partial charge in [-0.1, -0.05) is 30.3 Å². The highest BCUT2D eigenvalue weighted by Gasteiger charge is 2.43. The van der Waals surface area contributed by atoms with Gasteiger partial charge >= 0.3 is 5.97 Å². The molecule has 0 aromatic heterocycles. The summed E-state index contributed by atoms with van der Waals surface area (Å²) in [6.45, 7) is 0. The smallest absolute Gasteiger partial charge is 0.339 e. The summed E-state index contributed by atoms with van der Waals surface area (Å²) in [4.78, 5) is 23.2. The molecule has 1 fully saturated rings. The minimum Gasteiger partial charge on any atom is -0.507 e. The van der Waals surface area contributed by atoms with Gasteiger partial charge in [-0.05, 0) is 36.1 Å². The fourth-order valence-electron chi connectivity index (χ4n) is 2.57. The summed E-state index contributed by atoms with van der Waals surface area (Å²) in [5, 5.41) is 21.1. The lowest BCUT2D eigenvalue weighted by molar-refractivity contribution is -0.117. The second-order valence-electron chi connectivity index (χ2n) is 5.39. The van der Waals surface area contributed by atoms with Crippen LogP contribution in [0.3, 0.4) is 0 Å². The molecule has 1 amide bonds. The molecule has 112 valence electrons. The number of nitrogens with one attached hydrogen (secondary N) is 1. The van der Waals surface area contributed by atoms with E-state index in [9.17, 15) is 14.7 Å². The summed E-state index contributed by atoms with van der Waals surface area (Å²) in [6, 6.07) is 13.8. The van der Waals surface area contributed by atoms with Gasteiger partial charge in [0.1, 0.15) is 11.3 Å². The van der Waals surface area contributed by atoms with Crippen molar-refractivity contribution in [1.82, 2.24) is 0 Å². The van der Waals surface area contributed by atoms with Crippen LogP contribution in [0.1, 0.15) is 28.3 Å². The van der Waals surface area contributed by atoms with Crippen LogP contribution in [0.5, 0.6) is 5.75 Å². The SMILES string of the molecule is O=C(O)c1cc(NC(=O)[C@H]2C[C@H]2c2ccccc2)ccc1O. The van der Waals surface area contributed by atoms with Crippen molar-refractivity contribution in [2.75, 3.05) is 5.32 Å². The van der Waals surface area contributed by atoms with Gasteiger partial charge in [-0.25, -0.2) is 4.79 Å². The molecule has 3 rings (SSSR count). The van der Waals surface area contributed by atoms with Crippen LogP contribution >= 0.6 is 0 Å². The first kappa shape index (κ1) is 14.1. The Bertz CT molecular complexity index is 727. The number of carboxylic acid groups (broad SMARTS) is 1. The van der Waals surface area contributed by atoms with Gasteiger partial charge in [0, 0.05) is 11.6 Å². The van der Waals surface area contributed by atoms with Crippen molar-refractivity contribution in [2.45, 2.75) is 12.3 Å². The van der Waals surface area contributed by atoms with E-state index in [-0.39, 0.29) is 29.1 Å². The van der Waals surface area contributed by atoms with E-state index in [1.54, 1.807) is 0 Å². The van der Waals surface area contributed by atoms with E-state index in [1.807, 2.05) is 30.3 Å². The van der Waals surface area contributed by atoms with E-state index in [0.717, 1.165) is 12.0 Å². The van der Waals surface area contributed by atoms with Crippen LogP contribution in [0, 0.1) is 5.92 Å². The summed E-state index contributed by atoms with van der Waals surface area (Å²) >= 11 is 0. The molecule has 5 heteroatoms. The molecule has 22 heavy (non-hydrogen) atoms. The molecule has 2 aromatic rings. The summed E-state index contributed by atoms with van der Waals surface area (Å²) in [7, 11) is 0. The zero-order valence-corrected chi connectivity index (χ0v) is 11.7. The number of hydrogen-bond acceptors (Lipinski definition) is 3. The number of phenols is 1. The Hall–Kier alpha value is -2.82. The first-order chi connectivity index (χ1) is 10.6. The number of amides is 1. The van der Waals surface area contributed by atoms with Gasteiger partial charge in [0.15, 0.2) is 0 Å².